The molecule has 0 aliphatic carbocycles. The zero-order chi connectivity index (χ0) is 15.2. The van der Waals surface area contributed by atoms with Crippen molar-refractivity contribution in [3.63, 3.8) is 0 Å². The molecule has 116 valence electrons. The fraction of sp³-hybridized carbons (Fsp3) is 0.588. The number of amides is 1. The van der Waals surface area contributed by atoms with Gasteiger partial charge in [-0.3, -0.25) is 9.69 Å². The highest BCUT2D eigenvalue weighted by Crippen LogP contribution is 2.22. The molecule has 1 heterocycles. The molecule has 0 radical (unpaired) electrons. The Morgan fingerprint density at radius 2 is 2.29 bits per heavy atom. The number of aliphatic hydroxyl groups excluding tert-OH is 1. The van der Waals surface area contributed by atoms with Crippen molar-refractivity contribution >= 4 is 11.6 Å². The van der Waals surface area contributed by atoms with Gasteiger partial charge in [-0.15, -0.1) is 0 Å². The summed E-state index contributed by atoms with van der Waals surface area (Å²) in [5, 5.41) is 12.4. The van der Waals surface area contributed by atoms with Gasteiger partial charge in [0, 0.05) is 24.7 Å². The van der Waals surface area contributed by atoms with E-state index in [0.717, 1.165) is 43.6 Å². The molecule has 0 unspecified atom stereocenters. The van der Waals surface area contributed by atoms with Crippen LogP contribution in [0.5, 0.6) is 0 Å². The summed E-state index contributed by atoms with van der Waals surface area (Å²) in [4.78, 5) is 14.4. The summed E-state index contributed by atoms with van der Waals surface area (Å²) in [7, 11) is 0. The number of aliphatic hydroxyl groups is 1. The standard InChI is InChI=1S/C17H26N2O2/c1-3-14-7-4-6-13(2)17(14)18-16(21)9-11-19-10-5-8-15(19)12-20/h4,6-7,15,20H,3,5,8-12H2,1-2H3,(H,18,21)/t15-/m1/s1. The van der Waals surface area contributed by atoms with Crippen molar-refractivity contribution in [3.05, 3.63) is 29.3 Å². The van der Waals surface area contributed by atoms with E-state index in [4.69, 9.17) is 0 Å². The van der Waals surface area contributed by atoms with Gasteiger partial charge in [-0.05, 0) is 43.9 Å². The van der Waals surface area contributed by atoms with Crippen LogP contribution >= 0.6 is 0 Å². The molecule has 0 saturated carbocycles. The number of aryl methyl sites for hydroxylation is 2. The first-order valence-electron chi connectivity index (χ1n) is 7.89. The van der Waals surface area contributed by atoms with Gasteiger partial charge in [-0.1, -0.05) is 25.1 Å². The molecule has 4 heteroatoms. The molecule has 0 bridgehead atoms. The van der Waals surface area contributed by atoms with E-state index in [0.29, 0.717) is 6.42 Å². The minimum Gasteiger partial charge on any atom is -0.395 e. The monoisotopic (exact) mass is 290 g/mol. The number of rotatable bonds is 6. The molecule has 0 spiro atoms. The predicted octanol–water partition coefficient (Wildman–Crippen LogP) is 2.34. The van der Waals surface area contributed by atoms with Crippen LogP contribution in [0.15, 0.2) is 18.2 Å². The molecule has 1 aliphatic heterocycles. The van der Waals surface area contributed by atoms with Gasteiger partial charge in [-0.2, -0.15) is 0 Å². The number of nitrogens with zero attached hydrogens (tertiary/aromatic N) is 1. The van der Waals surface area contributed by atoms with Crippen LogP contribution in [0.1, 0.15) is 37.3 Å². The highest BCUT2D eigenvalue weighted by Gasteiger charge is 2.23. The normalized spacial score (nSPS) is 18.9. The second-order valence-corrected chi connectivity index (χ2v) is 5.78. The van der Waals surface area contributed by atoms with Crippen molar-refractivity contribution in [2.75, 3.05) is 25.0 Å². The molecule has 1 fully saturated rings. The Labute approximate surface area is 127 Å². The average molecular weight is 290 g/mol. The van der Waals surface area contributed by atoms with Gasteiger partial charge >= 0.3 is 0 Å². The van der Waals surface area contributed by atoms with Gasteiger partial charge in [0.05, 0.1) is 6.61 Å². The SMILES string of the molecule is CCc1cccc(C)c1NC(=O)CCN1CCC[C@@H]1CO. The molecule has 0 aromatic heterocycles. The maximum absolute atomic E-state index is 12.2. The third-order valence-electron chi connectivity index (χ3n) is 4.34. The summed E-state index contributed by atoms with van der Waals surface area (Å²) >= 11 is 0. The number of carbonyl (C=O) groups excluding carboxylic acids is 1. The molecule has 1 atom stereocenters. The van der Waals surface area contributed by atoms with E-state index in [1.165, 1.54) is 5.56 Å². The number of hydrogen-bond acceptors (Lipinski definition) is 3. The zero-order valence-electron chi connectivity index (χ0n) is 13.1. The Morgan fingerprint density at radius 3 is 3.00 bits per heavy atom. The van der Waals surface area contributed by atoms with Crippen LogP contribution in [-0.2, 0) is 11.2 Å². The van der Waals surface area contributed by atoms with Crippen molar-refractivity contribution in [2.24, 2.45) is 0 Å². The lowest BCUT2D eigenvalue weighted by Gasteiger charge is -2.22. The minimum atomic E-state index is 0.0580. The largest absolute Gasteiger partial charge is 0.395 e. The number of likely N-dealkylation sites (tertiary alicyclic amines) is 1. The van der Waals surface area contributed by atoms with Crippen molar-refractivity contribution in [1.29, 1.82) is 0 Å². The second-order valence-electron chi connectivity index (χ2n) is 5.78. The number of carbonyl (C=O) groups is 1. The number of hydrogen-bond donors (Lipinski definition) is 2. The molecule has 1 saturated heterocycles. The molecule has 4 nitrogen and oxygen atoms in total. The van der Waals surface area contributed by atoms with Gasteiger partial charge in [-0.25, -0.2) is 0 Å². The third kappa shape index (κ3) is 4.05. The van der Waals surface area contributed by atoms with Crippen molar-refractivity contribution in [3.8, 4) is 0 Å². The van der Waals surface area contributed by atoms with E-state index in [1.807, 2.05) is 19.1 Å². The van der Waals surface area contributed by atoms with Gasteiger partial charge in [0.25, 0.3) is 0 Å². The van der Waals surface area contributed by atoms with E-state index in [1.54, 1.807) is 0 Å². The van der Waals surface area contributed by atoms with Crippen LogP contribution in [0, 0.1) is 6.92 Å². The zero-order valence-corrected chi connectivity index (χ0v) is 13.1. The molecule has 1 aromatic carbocycles. The number of nitrogens with one attached hydrogen (secondary N) is 1. The quantitative estimate of drug-likeness (QED) is 0.845. The van der Waals surface area contributed by atoms with Crippen LogP contribution < -0.4 is 5.32 Å². The number of benzene rings is 1. The van der Waals surface area contributed by atoms with E-state index >= 15 is 0 Å². The molecule has 2 N–H and O–H groups in total. The fourth-order valence-corrected chi connectivity index (χ4v) is 3.05. The second kappa shape index (κ2) is 7.57. The lowest BCUT2D eigenvalue weighted by molar-refractivity contribution is -0.116. The lowest BCUT2D eigenvalue weighted by Crippen LogP contribution is -2.34. The maximum Gasteiger partial charge on any atom is 0.225 e. The fourth-order valence-electron chi connectivity index (χ4n) is 3.05. The summed E-state index contributed by atoms with van der Waals surface area (Å²) in [6.45, 7) is 6.03. The molecule has 1 amide bonds. The van der Waals surface area contributed by atoms with Crippen LogP contribution in [0.2, 0.25) is 0 Å². The first-order chi connectivity index (χ1) is 10.2. The molecular formula is C17H26N2O2. The number of anilines is 1. The van der Waals surface area contributed by atoms with Gasteiger partial charge in [0.15, 0.2) is 0 Å². The topological polar surface area (TPSA) is 52.6 Å². The van der Waals surface area contributed by atoms with Crippen LogP contribution in [0.3, 0.4) is 0 Å². The molecule has 1 aliphatic rings. The van der Waals surface area contributed by atoms with Crippen LogP contribution in [0.4, 0.5) is 5.69 Å². The Bertz CT molecular complexity index is 488. The van der Waals surface area contributed by atoms with Gasteiger partial charge in [0.1, 0.15) is 0 Å². The highest BCUT2D eigenvalue weighted by atomic mass is 16.3. The number of para-hydroxylation sites is 1. The summed E-state index contributed by atoms with van der Waals surface area (Å²) in [5.74, 6) is 0.0580. The Kier molecular flexibility index (Phi) is 5.76. The Balaban J connectivity index is 1.90. The summed E-state index contributed by atoms with van der Waals surface area (Å²) in [6, 6.07) is 6.35. The first kappa shape index (κ1) is 16.0. The molecule has 21 heavy (non-hydrogen) atoms. The van der Waals surface area contributed by atoms with E-state index < -0.39 is 0 Å². The molecule has 1 aromatic rings. The first-order valence-corrected chi connectivity index (χ1v) is 7.89. The maximum atomic E-state index is 12.2. The van der Waals surface area contributed by atoms with Crippen molar-refractivity contribution in [2.45, 2.75) is 45.6 Å². The summed E-state index contributed by atoms with van der Waals surface area (Å²) in [6.07, 6.45) is 3.55. The van der Waals surface area contributed by atoms with Crippen molar-refractivity contribution < 1.29 is 9.90 Å². The minimum absolute atomic E-state index is 0.0580. The Morgan fingerprint density at radius 1 is 1.48 bits per heavy atom. The smallest absolute Gasteiger partial charge is 0.225 e. The molecule has 2 rings (SSSR count). The summed E-state index contributed by atoms with van der Waals surface area (Å²) < 4.78 is 0. The van der Waals surface area contributed by atoms with Crippen LogP contribution in [-0.4, -0.2) is 41.7 Å². The van der Waals surface area contributed by atoms with Crippen LogP contribution in [0.25, 0.3) is 0 Å². The van der Waals surface area contributed by atoms with E-state index in [9.17, 15) is 9.90 Å². The predicted molar refractivity (Wildman–Crippen MR) is 85.5 cm³/mol. The van der Waals surface area contributed by atoms with Gasteiger partial charge in [0.2, 0.25) is 5.91 Å². The van der Waals surface area contributed by atoms with Gasteiger partial charge < -0.3 is 10.4 Å². The average Bonchev–Trinajstić information content (AvgIpc) is 2.94. The summed E-state index contributed by atoms with van der Waals surface area (Å²) in [5.41, 5.74) is 3.25. The van der Waals surface area contributed by atoms with Crippen molar-refractivity contribution in [1.82, 2.24) is 4.90 Å². The lowest BCUT2D eigenvalue weighted by atomic mass is 10.1. The van der Waals surface area contributed by atoms with E-state index in [2.05, 4.69) is 23.2 Å². The third-order valence-corrected chi connectivity index (χ3v) is 4.34. The molecular weight excluding hydrogens is 264 g/mol. The van der Waals surface area contributed by atoms with E-state index in [-0.39, 0.29) is 18.6 Å². The Hall–Kier alpha value is -1.39. The highest BCUT2D eigenvalue weighted by molar-refractivity contribution is 5.92.